The monoisotopic (exact) mass is 327 g/mol. The van der Waals surface area contributed by atoms with Gasteiger partial charge in [-0.2, -0.15) is 0 Å². The van der Waals surface area contributed by atoms with E-state index in [1.165, 1.54) is 0 Å². The van der Waals surface area contributed by atoms with E-state index in [2.05, 4.69) is 24.8 Å². The van der Waals surface area contributed by atoms with E-state index < -0.39 is 0 Å². The van der Waals surface area contributed by atoms with E-state index in [1.54, 1.807) is 17.4 Å². The Labute approximate surface area is 137 Å². The summed E-state index contributed by atoms with van der Waals surface area (Å²) in [6.45, 7) is 3.55. The molecule has 0 radical (unpaired) electrons. The Balaban J connectivity index is 1.60. The second kappa shape index (κ2) is 6.00. The van der Waals surface area contributed by atoms with Crippen LogP contribution in [0.3, 0.4) is 0 Å². The zero-order valence-electron chi connectivity index (χ0n) is 12.6. The number of anilines is 2. The van der Waals surface area contributed by atoms with E-state index >= 15 is 0 Å². The molecule has 0 bridgehead atoms. The summed E-state index contributed by atoms with van der Waals surface area (Å²) >= 11 is 1.66. The molecule has 7 heteroatoms. The number of thiazole rings is 1. The summed E-state index contributed by atoms with van der Waals surface area (Å²) in [6.07, 6.45) is 2.85. The molecule has 1 aliphatic rings. The molecular formula is C16H17N5OS. The van der Waals surface area contributed by atoms with Crippen LogP contribution in [0.1, 0.15) is 6.42 Å². The fraction of sp³-hybridized carbons (Fsp3) is 0.312. The Kier molecular flexibility index (Phi) is 3.70. The van der Waals surface area contributed by atoms with Gasteiger partial charge in [-0.1, -0.05) is 12.1 Å². The lowest BCUT2D eigenvalue weighted by Crippen LogP contribution is -2.32. The molecule has 1 fully saturated rings. The van der Waals surface area contributed by atoms with E-state index in [1.807, 2.05) is 29.8 Å². The Bertz CT molecular complexity index is 860. The first kappa shape index (κ1) is 14.2. The van der Waals surface area contributed by atoms with Gasteiger partial charge < -0.3 is 9.80 Å². The minimum absolute atomic E-state index is 0.0772. The fourth-order valence-corrected chi connectivity index (χ4v) is 3.61. The fourth-order valence-electron chi connectivity index (χ4n) is 2.92. The highest BCUT2D eigenvalue weighted by Crippen LogP contribution is 2.20. The number of nitrogens with one attached hydrogen (secondary N) is 1. The van der Waals surface area contributed by atoms with Gasteiger partial charge in [0.2, 0.25) is 5.95 Å². The number of aromatic nitrogens is 3. The first-order valence-corrected chi connectivity index (χ1v) is 8.58. The number of benzene rings is 1. The molecule has 1 saturated heterocycles. The number of para-hydroxylation sites is 1. The van der Waals surface area contributed by atoms with Gasteiger partial charge in [0.05, 0.1) is 10.9 Å². The maximum absolute atomic E-state index is 12.2. The topological polar surface area (TPSA) is 65.1 Å². The summed E-state index contributed by atoms with van der Waals surface area (Å²) in [7, 11) is 0. The quantitative estimate of drug-likeness (QED) is 0.781. The number of aromatic amines is 1. The number of nitrogens with zero attached hydrogens (tertiary/aromatic N) is 4. The molecule has 0 saturated carbocycles. The van der Waals surface area contributed by atoms with Crippen molar-refractivity contribution in [2.75, 3.05) is 36.0 Å². The van der Waals surface area contributed by atoms with Crippen molar-refractivity contribution in [2.45, 2.75) is 6.42 Å². The minimum Gasteiger partial charge on any atom is -0.346 e. The third-order valence-corrected chi connectivity index (χ3v) is 4.92. The van der Waals surface area contributed by atoms with E-state index in [9.17, 15) is 4.79 Å². The number of rotatable bonds is 2. The molecule has 3 aromatic rings. The van der Waals surface area contributed by atoms with E-state index in [-0.39, 0.29) is 5.56 Å². The predicted octanol–water partition coefficient (Wildman–Crippen LogP) is 2.10. The number of hydrogen-bond donors (Lipinski definition) is 1. The highest BCUT2D eigenvalue weighted by Gasteiger charge is 2.18. The highest BCUT2D eigenvalue weighted by atomic mass is 32.1. The van der Waals surface area contributed by atoms with Crippen LogP contribution < -0.4 is 15.4 Å². The van der Waals surface area contributed by atoms with E-state index in [0.29, 0.717) is 11.3 Å². The summed E-state index contributed by atoms with van der Waals surface area (Å²) in [4.78, 5) is 28.6. The summed E-state index contributed by atoms with van der Waals surface area (Å²) in [6, 6.07) is 7.45. The van der Waals surface area contributed by atoms with Gasteiger partial charge in [0.25, 0.3) is 5.56 Å². The Morgan fingerprint density at radius 1 is 1.09 bits per heavy atom. The molecule has 0 spiro atoms. The highest BCUT2D eigenvalue weighted by molar-refractivity contribution is 7.13. The van der Waals surface area contributed by atoms with Gasteiger partial charge in [-0.05, 0) is 18.6 Å². The predicted molar refractivity (Wildman–Crippen MR) is 93.5 cm³/mol. The minimum atomic E-state index is -0.0772. The third kappa shape index (κ3) is 2.79. The van der Waals surface area contributed by atoms with Crippen molar-refractivity contribution >= 4 is 33.3 Å². The second-order valence-electron chi connectivity index (χ2n) is 5.55. The molecule has 1 aromatic carbocycles. The van der Waals surface area contributed by atoms with Crippen LogP contribution in [-0.4, -0.2) is 41.1 Å². The van der Waals surface area contributed by atoms with Crippen LogP contribution >= 0.6 is 11.3 Å². The molecule has 0 amide bonds. The summed E-state index contributed by atoms with van der Waals surface area (Å²) in [5.74, 6) is 0.662. The Morgan fingerprint density at radius 3 is 2.78 bits per heavy atom. The van der Waals surface area contributed by atoms with Crippen LogP contribution in [0.15, 0.2) is 40.6 Å². The lowest BCUT2D eigenvalue weighted by molar-refractivity contribution is 0.783. The van der Waals surface area contributed by atoms with Gasteiger partial charge in [-0.3, -0.25) is 9.78 Å². The van der Waals surface area contributed by atoms with Gasteiger partial charge in [0.1, 0.15) is 0 Å². The normalized spacial score (nSPS) is 15.8. The van der Waals surface area contributed by atoms with Crippen molar-refractivity contribution in [2.24, 2.45) is 0 Å². The number of fused-ring (bicyclic) bond motifs is 1. The van der Waals surface area contributed by atoms with Crippen molar-refractivity contribution in [3.05, 3.63) is 46.2 Å². The molecule has 4 rings (SSSR count). The Morgan fingerprint density at radius 2 is 1.91 bits per heavy atom. The average Bonchev–Trinajstić information content (AvgIpc) is 2.99. The molecule has 6 nitrogen and oxygen atoms in total. The van der Waals surface area contributed by atoms with E-state index in [0.717, 1.165) is 43.2 Å². The number of H-pyrrole nitrogens is 1. The van der Waals surface area contributed by atoms with Gasteiger partial charge in [-0.15, -0.1) is 11.3 Å². The Hall–Kier alpha value is -2.41. The molecular weight excluding hydrogens is 310 g/mol. The van der Waals surface area contributed by atoms with Crippen molar-refractivity contribution in [3.8, 4) is 0 Å². The zero-order valence-corrected chi connectivity index (χ0v) is 13.4. The summed E-state index contributed by atoms with van der Waals surface area (Å²) in [5.41, 5.74) is 0.666. The lowest BCUT2D eigenvalue weighted by atomic mass is 10.2. The van der Waals surface area contributed by atoms with Crippen LogP contribution in [0.5, 0.6) is 0 Å². The summed E-state index contributed by atoms with van der Waals surface area (Å²) in [5, 5.41) is 3.70. The van der Waals surface area contributed by atoms with Crippen LogP contribution in [0.2, 0.25) is 0 Å². The molecule has 1 aliphatic heterocycles. The van der Waals surface area contributed by atoms with Crippen LogP contribution in [0.4, 0.5) is 11.1 Å². The van der Waals surface area contributed by atoms with Gasteiger partial charge in [0.15, 0.2) is 5.13 Å². The van der Waals surface area contributed by atoms with Crippen molar-refractivity contribution in [1.29, 1.82) is 0 Å². The van der Waals surface area contributed by atoms with Crippen LogP contribution in [0, 0.1) is 0 Å². The van der Waals surface area contributed by atoms with Crippen LogP contribution in [0.25, 0.3) is 10.9 Å². The van der Waals surface area contributed by atoms with Crippen molar-refractivity contribution in [1.82, 2.24) is 15.0 Å². The smallest absolute Gasteiger partial charge is 0.260 e. The maximum atomic E-state index is 12.2. The molecule has 0 aliphatic carbocycles. The first-order chi connectivity index (χ1) is 11.3. The molecule has 0 atom stereocenters. The largest absolute Gasteiger partial charge is 0.346 e. The molecule has 3 heterocycles. The zero-order chi connectivity index (χ0) is 15.6. The SMILES string of the molecule is O=c1[nH]c(N2CCCN(c3nccs3)CC2)nc2ccccc12. The van der Waals surface area contributed by atoms with Crippen molar-refractivity contribution in [3.63, 3.8) is 0 Å². The molecule has 2 aromatic heterocycles. The third-order valence-electron chi connectivity index (χ3n) is 4.09. The average molecular weight is 327 g/mol. The molecule has 1 N–H and O–H groups in total. The first-order valence-electron chi connectivity index (χ1n) is 7.70. The van der Waals surface area contributed by atoms with Gasteiger partial charge >= 0.3 is 0 Å². The molecule has 0 unspecified atom stereocenters. The maximum Gasteiger partial charge on any atom is 0.260 e. The molecule has 118 valence electrons. The second-order valence-corrected chi connectivity index (χ2v) is 6.42. The van der Waals surface area contributed by atoms with Gasteiger partial charge in [-0.25, -0.2) is 9.97 Å². The lowest BCUT2D eigenvalue weighted by Gasteiger charge is -2.22. The summed E-state index contributed by atoms with van der Waals surface area (Å²) < 4.78 is 0. The van der Waals surface area contributed by atoms with Crippen LogP contribution in [-0.2, 0) is 0 Å². The van der Waals surface area contributed by atoms with E-state index in [4.69, 9.17) is 0 Å². The van der Waals surface area contributed by atoms with Gasteiger partial charge in [0, 0.05) is 37.8 Å². The van der Waals surface area contributed by atoms with Crippen molar-refractivity contribution < 1.29 is 0 Å². The molecule has 23 heavy (non-hydrogen) atoms. The number of hydrogen-bond acceptors (Lipinski definition) is 6. The standard InChI is InChI=1S/C16H17N5OS/c22-14-12-4-1-2-5-13(12)18-15(19-14)20-7-3-8-21(10-9-20)16-17-6-11-23-16/h1-2,4-6,11H,3,7-10H2,(H,18,19,22).